The third kappa shape index (κ3) is 7.09. The molecule has 0 fully saturated rings. The Bertz CT molecular complexity index is 339. The standard InChI is InChI=1S/C19H33N/c1-5-6-7-8-9-19(15-20-14-16(2)3)18-12-10-17(4)11-13-18/h10-13,16,19-20H,5-9,14-15H2,1-4H3. The summed E-state index contributed by atoms with van der Waals surface area (Å²) in [6, 6.07) is 9.13. The molecule has 0 bridgehead atoms. The molecule has 0 heterocycles. The molecule has 20 heavy (non-hydrogen) atoms. The summed E-state index contributed by atoms with van der Waals surface area (Å²) >= 11 is 0. The van der Waals surface area contributed by atoms with Crippen LogP contribution in [0.25, 0.3) is 0 Å². The van der Waals surface area contributed by atoms with E-state index in [1.54, 1.807) is 0 Å². The maximum Gasteiger partial charge on any atom is 0.00202 e. The van der Waals surface area contributed by atoms with Gasteiger partial charge in [-0.2, -0.15) is 0 Å². The summed E-state index contributed by atoms with van der Waals surface area (Å²) < 4.78 is 0. The van der Waals surface area contributed by atoms with Gasteiger partial charge in [-0.3, -0.25) is 0 Å². The predicted octanol–water partition coefficient (Wildman–Crippen LogP) is 5.29. The van der Waals surface area contributed by atoms with Gasteiger partial charge in [0.2, 0.25) is 0 Å². The van der Waals surface area contributed by atoms with Gasteiger partial charge in [-0.25, -0.2) is 0 Å². The first-order valence-electron chi connectivity index (χ1n) is 8.40. The van der Waals surface area contributed by atoms with Crippen LogP contribution in [0, 0.1) is 12.8 Å². The van der Waals surface area contributed by atoms with Crippen molar-refractivity contribution in [2.24, 2.45) is 5.92 Å². The summed E-state index contributed by atoms with van der Waals surface area (Å²) in [6.07, 6.45) is 6.74. The van der Waals surface area contributed by atoms with E-state index in [0.717, 1.165) is 19.0 Å². The lowest BCUT2D eigenvalue weighted by atomic mass is 9.92. The minimum absolute atomic E-state index is 0.672. The van der Waals surface area contributed by atoms with Crippen LogP contribution >= 0.6 is 0 Å². The summed E-state index contributed by atoms with van der Waals surface area (Å²) in [5, 5.41) is 3.64. The highest BCUT2D eigenvalue weighted by Gasteiger charge is 2.11. The third-order valence-corrected chi connectivity index (χ3v) is 3.90. The summed E-state index contributed by atoms with van der Waals surface area (Å²) in [7, 11) is 0. The Hall–Kier alpha value is -0.820. The SMILES string of the molecule is CCCCCCC(CNCC(C)C)c1ccc(C)cc1. The first-order valence-corrected chi connectivity index (χ1v) is 8.40. The highest BCUT2D eigenvalue weighted by Crippen LogP contribution is 2.22. The molecule has 1 N–H and O–H groups in total. The number of hydrogen-bond acceptors (Lipinski definition) is 1. The summed E-state index contributed by atoms with van der Waals surface area (Å²) in [6.45, 7) is 11.2. The van der Waals surface area contributed by atoms with Crippen molar-refractivity contribution in [3.63, 3.8) is 0 Å². The number of nitrogens with one attached hydrogen (secondary N) is 1. The summed E-state index contributed by atoms with van der Waals surface area (Å²) in [5.41, 5.74) is 2.86. The Balaban J connectivity index is 2.51. The van der Waals surface area contributed by atoms with Crippen LogP contribution in [0.15, 0.2) is 24.3 Å². The molecule has 0 radical (unpaired) electrons. The van der Waals surface area contributed by atoms with Gasteiger partial charge in [0.1, 0.15) is 0 Å². The van der Waals surface area contributed by atoms with Gasteiger partial charge in [0.25, 0.3) is 0 Å². The Morgan fingerprint density at radius 3 is 2.25 bits per heavy atom. The second-order valence-corrected chi connectivity index (χ2v) is 6.51. The molecule has 0 aliphatic carbocycles. The van der Waals surface area contributed by atoms with E-state index in [2.05, 4.69) is 57.3 Å². The lowest BCUT2D eigenvalue weighted by Crippen LogP contribution is -2.25. The van der Waals surface area contributed by atoms with Gasteiger partial charge in [0.15, 0.2) is 0 Å². The molecule has 0 aromatic heterocycles. The lowest BCUT2D eigenvalue weighted by molar-refractivity contribution is 0.483. The van der Waals surface area contributed by atoms with Crippen LogP contribution in [0.3, 0.4) is 0 Å². The van der Waals surface area contributed by atoms with Crippen molar-refractivity contribution in [3.8, 4) is 0 Å². The van der Waals surface area contributed by atoms with Crippen molar-refractivity contribution in [2.45, 2.75) is 65.7 Å². The van der Waals surface area contributed by atoms with Crippen molar-refractivity contribution >= 4 is 0 Å². The van der Waals surface area contributed by atoms with E-state index in [1.165, 1.54) is 43.2 Å². The quantitative estimate of drug-likeness (QED) is 0.572. The van der Waals surface area contributed by atoms with Gasteiger partial charge in [-0.15, -0.1) is 0 Å². The molecule has 1 unspecified atom stereocenters. The molecule has 0 spiro atoms. The van der Waals surface area contributed by atoms with Crippen LogP contribution in [0.5, 0.6) is 0 Å². The number of hydrogen-bond donors (Lipinski definition) is 1. The fourth-order valence-electron chi connectivity index (χ4n) is 2.59. The van der Waals surface area contributed by atoms with Crippen LogP contribution < -0.4 is 5.32 Å². The van der Waals surface area contributed by atoms with E-state index in [9.17, 15) is 0 Å². The van der Waals surface area contributed by atoms with Gasteiger partial charge in [0.05, 0.1) is 0 Å². The maximum absolute atomic E-state index is 3.64. The molecule has 114 valence electrons. The number of rotatable bonds is 10. The second kappa shape index (κ2) is 9.99. The molecule has 0 aliphatic heterocycles. The first kappa shape index (κ1) is 17.2. The van der Waals surface area contributed by atoms with Gasteiger partial charge in [-0.1, -0.05) is 76.3 Å². The highest BCUT2D eigenvalue weighted by molar-refractivity contribution is 5.24. The molecule has 0 aliphatic rings. The molecular weight excluding hydrogens is 242 g/mol. The topological polar surface area (TPSA) is 12.0 Å². The largest absolute Gasteiger partial charge is 0.316 e. The minimum atomic E-state index is 0.672. The van der Waals surface area contributed by atoms with Crippen LogP contribution in [-0.4, -0.2) is 13.1 Å². The van der Waals surface area contributed by atoms with Crippen molar-refractivity contribution in [3.05, 3.63) is 35.4 Å². The number of benzene rings is 1. The predicted molar refractivity (Wildman–Crippen MR) is 90.4 cm³/mol. The Morgan fingerprint density at radius 1 is 0.950 bits per heavy atom. The van der Waals surface area contributed by atoms with Crippen molar-refractivity contribution in [2.75, 3.05) is 13.1 Å². The third-order valence-electron chi connectivity index (χ3n) is 3.90. The van der Waals surface area contributed by atoms with Crippen LogP contribution in [0.2, 0.25) is 0 Å². The molecule has 1 aromatic carbocycles. The van der Waals surface area contributed by atoms with E-state index < -0.39 is 0 Å². The molecule has 1 nitrogen and oxygen atoms in total. The van der Waals surface area contributed by atoms with Crippen molar-refractivity contribution in [1.82, 2.24) is 5.32 Å². The molecule has 1 aromatic rings. The molecule has 1 heteroatoms. The zero-order chi connectivity index (χ0) is 14.8. The smallest absolute Gasteiger partial charge is 0.00202 e. The maximum atomic E-state index is 3.64. The molecule has 0 amide bonds. The molecule has 1 atom stereocenters. The molecule has 0 saturated heterocycles. The summed E-state index contributed by atoms with van der Waals surface area (Å²) in [5.74, 6) is 1.40. The zero-order valence-electron chi connectivity index (χ0n) is 13.9. The van der Waals surface area contributed by atoms with E-state index in [4.69, 9.17) is 0 Å². The van der Waals surface area contributed by atoms with Crippen LogP contribution in [0.4, 0.5) is 0 Å². The summed E-state index contributed by atoms with van der Waals surface area (Å²) in [4.78, 5) is 0. The van der Waals surface area contributed by atoms with Crippen molar-refractivity contribution < 1.29 is 0 Å². The van der Waals surface area contributed by atoms with Gasteiger partial charge in [0, 0.05) is 6.54 Å². The Labute approximate surface area is 126 Å². The minimum Gasteiger partial charge on any atom is -0.316 e. The number of aryl methyl sites for hydroxylation is 1. The zero-order valence-corrected chi connectivity index (χ0v) is 13.9. The average Bonchev–Trinajstić information content (AvgIpc) is 2.42. The fourth-order valence-corrected chi connectivity index (χ4v) is 2.59. The average molecular weight is 275 g/mol. The molecule has 1 rings (SSSR count). The second-order valence-electron chi connectivity index (χ2n) is 6.51. The van der Waals surface area contributed by atoms with Gasteiger partial charge in [-0.05, 0) is 37.3 Å². The highest BCUT2D eigenvalue weighted by atomic mass is 14.9. The van der Waals surface area contributed by atoms with Crippen LogP contribution in [-0.2, 0) is 0 Å². The van der Waals surface area contributed by atoms with Crippen LogP contribution in [0.1, 0.15) is 69.9 Å². The molecule has 0 saturated carbocycles. The van der Waals surface area contributed by atoms with Gasteiger partial charge < -0.3 is 5.32 Å². The van der Waals surface area contributed by atoms with E-state index in [1.807, 2.05) is 0 Å². The number of unbranched alkanes of at least 4 members (excludes halogenated alkanes) is 3. The Morgan fingerprint density at radius 2 is 1.65 bits per heavy atom. The Kier molecular flexibility index (Phi) is 8.60. The normalized spacial score (nSPS) is 12.8. The van der Waals surface area contributed by atoms with E-state index >= 15 is 0 Å². The fraction of sp³-hybridized carbons (Fsp3) is 0.684. The molecular formula is C19H33N. The van der Waals surface area contributed by atoms with E-state index in [0.29, 0.717) is 5.92 Å². The first-order chi connectivity index (χ1) is 9.63. The van der Waals surface area contributed by atoms with E-state index in [-0.39, 0.29) is 0 Å². The van der Waals surface area contributed by atoms with Gasteiger partial charge >= 0.3 is 0 Å². The lowest BCUT2D eigenvalue weighted by Gasteiger charge is -2.19. The van der Waals surface area contributed by atoms with Crippen molar-refractivity contribution in [1.29, 1.82) is 0 Å². The monoisotopic (exact) mass is 275 g/mol.